The molecular weight excluding hydrogens is 949 g/mol. The molecule has 6 nitrogen and oxygen atoms in total. The second-order valence-corrected chi connectivity index (χ2v) is 23.8. The molecule has 1 atom stereocenters. The van der Waals surface area contributed by atoms with Crippen LogP contribution in [0.5, 0.6) is 0 Å². The maximum atomic E-state index is 12.9. The van der Waals surface area contributed by atoms with E-state index < -0.39 is 6.10 Å². The van der Waals surface area contributed by atoms with Crippen LogP contribution in [0.15, 0.2) is 24.3 Å². The van der Waals surface area contributed by atoms with E-state index in [1.165, 1.54) is 289 Å². The largest absolute Gasteiger partial charge is 0.462 e. The molecule has 0 aromatic carbocycles. The van der Waals surface area contributed by atoms with Gasteiger partial charge in [0.25, 0.3) is 0 Å². The maximum absolute atomic E-state index is 12.9. The number of carbonyl (C=O) groups excluding carboxylic acids is 3. The summed E-state index contributed by atoms with van der Waals surface area (Å²) in [5, 5.41) is 0. The Balaban J connectivity index is 4.16. The Bertz CT molecular complexity index is 1240. The molecule has 0 bridgehead atoms. The van der Waals surface area contributed by atoms with E-state index in [0.29, 0.717) is 19.3 Å². The summed E-state index contributed by atoms with van der Waals surface area (Å²) in [6, 6.07) is 0. The molecule has 0 radical (unpaired) electrons. The van der Waals surface area contributed by atoms with Crippen molar-refractivity contribution < 1.29 is 28.6 Å². The molecule has 77 heavy (non-hydrogen) atoms. The van der Waals surface area contributed by atoms with E-state index in [1.54, 1.807) is 0 Å². The standard InChI is InChI=1S/C71H134O6/c1-4-7-10-13-16-19-22-24-26-28-30-32-33-34-35-36-37-39-40-42-44-46-49-52-55-58-61-64-70(73)76-67-68(66-75-69(72)63-60-57-54-51-48-21-18-15-12-9-6-3)77-71(74)65-62-59-56-53-50-47-45-43-41-38-31-29-27-25-23-20-17-14-11-8-5-2/h23,25,29,31,68H,4-22,24,26-28,30,32-67H2,1-3H3/b25-23-,31-29-. The van der Waals surface area contributed by atoms with Crippen LogP contribution in [0, 0.1) is 0 Å². The van der Waals surface area contributed by atoms with Gasteiger partial charge < -0.3 is 14.2 Å². The zero-order valence-electron chi connectivity index (χ0n) is 52.3. The van der Waals surface area contributed by atoms with Crippen LogP contribution in [0.2, 0.25) is 0 Å². The summed E-state index contributed by atoms with van der Waals surface area (Å²) in [5.41, 5.74) is 0. The first kappa shape index (κ1) is 74.9. The molecular formula is C71H134O6. The normalized spacial score (nSPS) is 12.1. The quantitative estimate of drug-likeness (QED) is 0.0261. The number of allylic oxidation sites excluding steroid dienone is 4. The van der Waals surface area contributed by atoms with Gasteiger partial charge in [0.2, 0.25) is 0 Å². The minimum atomic E-state index is -0.770. The third kappa shape index (κ3) is 64.6. The second kappa shape index (κ2) is 66.4. The highest BCUT2D eigenvalue weighted by Gasteiger charge is 2.19. The lowest BCUT2D eigenvalue weighted by Gasteiger charge is -2.18. The second-order valence-electron chi connectivity index (χ2n) is 23.8. The molecule has 6 heteroatoms. The fourth-order valence-corrected chi connectivity index (χ4v) is 10.7. The van der Waals surface area contributed by atoms with E-state index in [9.17, 15) is 14.4 Å². The van der Waals surface area contributed by atoms with Crippen molar-refractivity contribution in [3.05, 3.63) is 24.3 Å². The third-order valence-corrected chi connectivity index (χ3v) is 16.0. The van der Waals surface area contributed by atoms with Crippen molar-refractivity contribution in [1.82, 2.24) is 0 Å². The molecule has 0 spiro atoms. The Morgan fingerprint density at radius 3 is 0.714 bits per heavy atom. The number of hydrogen-bond acceptors (Lipinski definition) is 6. The Labute approximate surface area is 481 Å². The minimum absolute atomic E-state index is 0.0667. The van der Waals surface area contributed by atoms with Crippen molar-refractivity contribution in [3.8, 4) is 0 Å². The topological polar surface area (TPSA) is 78.9 Å². The zero-order valence-corrected chi connectivity index (χ0v) is 52.3. The van der Waals surface area contributed by atoms with E-state index >= 15 is 0 Å². The number of ether oxygens (including phenoxy) is 3. The first-order chi connectivity index (χ1) is 38.0. The summed E-state index contributed by atoms with van der Waals surface area (Å²) in [7, 11) is 0. The molecule has 0 saturated carbocycles. The molecule has 0 aromatic heterocycles. The van der Waals surface area contributed by atoms with Crippen LogP contribution in [0.4, 0.5) is 0 Å². The molecule has 0 aliphatic heterocycles. The van der Waals surface area contributed by atoms with Crippen molar-refractivity contribution >= 4 is 17.9 Å². The Hall–Kier alpha value is -2.11. The summed E-state index contributed by atoms with van der Waals surface area (Å²) >= 11 is 0. The van der Waals surface area contributed by atoms with E-state index in [1.807, 2.05) is 0 Å². The summed E-state index contributed by atoms with van der Waals surface area (Å²) in [5.74, 6) is -0.842. The van der Waals surface area contributed by atoms with Gasteiger partial charge in [-0.05, 0) is 51.4 Å². The van der Waals surface area contributed by atoms with Crippen LogP contribution in [0.25, 0.3) is 0 Å². The number of unbranched alkanes of at least 4 members (excludes halogenated alkanes) is 50. The lowest BCUT2D eigenvalue weighted by atomic mass is 10.0. The summed E-state index contributed by atoms with van der Waals surface area (Å²) in [6.45, 7) is 6.70. The average molecular weight is 1080 g/mol. The van der Waals surface area contributed by atoms with E-state index in [0.717, 1.165) is 64.2 Å². The van der Waals surface area contributed by atoms with Crippen LogP contribution < -0.4 is 0 Å². The molecule has 0 aromatic rings. The fourth-order valence-electron chi connectivity index (χ4n) is 10.7. The highest BCUT2D eigenvalue weighted by molar-refractivity contribution is 5.71. The van der Waals surface area contributed by atoms with Crippen LogP contribution in [-0.4, -0.2) is 37.2 Å². The predicted molar refractivity (Wildman–Crippen MR) is 335 cm³/mol. The number of esters is 3. The van der Waals surface area contributed by atoms with Crippen molar-refractivity contribution in [3.63, 3.8) is 0 Å². The van der Waals surface area contributed by atoms with Gasteiger partial charge in [0.05, 0.1) is 0 Å². The molecule has 1 unspecified atom stereocenters. The Morgan fingerprint density at radius 1 is 0.260 bits per heavy atom. The summed E-state index contributed by atoms with van der Waals surface area (Å²) < 4.78 is 17.0. The van der Waals surface area contributed by atoms with Crippen LogP contribution in [0.3, 0.4) is 0 Å². The van der Waals surface area contributed by atoms with E-state index in [-0.39, 0.29) is 31.1 Å². The van der Waals surface area contributed by atoms with E-state index in [4.69, 9.17) is 14.2 Å². The van der Waals surface area contributed by atoms with Crippen LogP contribution >= 0.6 is 0 Å². The maximum Gasteiger partial charge on any atom is 0.306 e. The van der Waals surface area contributed by atoms with Crippen LogP contribution in [-0.2, 0) is 28.6 Å². The summed E-state index contributed by atoms with van der Waals surface area (Å²) in [6.07, 6.45) is 80.7. The van der Waals surface area contributed by atoms with Crippen LogP contribution in [0.1, 0.15) is 393 Å². The van der Waals surface area contributed by atoms with Gasteiger partial charge in [0, 0.05) is 19.3 Å². The molecule has 0 rings (SSSR count). The Morgan fingerprint density at radius 2 is 0.468 bits per heavy atom. The monoisotopic (exact) mass is 1080 g/mol. The molecule has 0 fully saturated rings. The lowest BCUT2D eigenvalue weighted by Crippen LogP contribution is -2.30. The highest BCUT2D eigenvalue weighted by atomic mass is 16.6. The third-order valence-electron chi connectivity index (χ3n) is 16.0. The first-order valence-corrected chi connectivity index (χ1v) is 34.8. The van der Waals surface area contributed by atoms with Gasteiger partial charge in [-0.2, -0.15) is 0 Å². The van der Waals surface area contributed by atoms with E-state index in [2.05, 4.69) is 45.1 Å². The first-order valence-electron chi connectivity index (χ1n) is 34.8. The van der Waals surface area contributed by atoms with Crippen molar-refractivity contribution in [1.29, 1.82) is 0 Å². The fraction of sp³-hybridized carbons (Fsp3) is 0.901. The number of hydrogen-bond donors (Lipinski definition) is 0. The molecule has 0 amide bonds. The smallest absolute Gasteiger partial charge is 0.306 e. The molecule has 454 valence electrons. The predicted octanol–water partition coefficient (Wildman–Crippen LogP) is 23.8. The highest BCUT2D eigenvalue weighted by Crippen LogP contribution is 2.19. The number of carbonyl (C=O) groups is 3. The molecule has 0 N–H and O–H groups in total. The van der Waals surface area contributed by atoms with Crippen molar-refractivity contribution in [2.24, 2.45) is 0 Å². The molecule has 0 aliphatic rings. The van der Waals surface area contributed by atoms with Crippen molar-refractivity contribution in [2.45, 2.75) is 399 Å². The average Bonchev–Trinajstić information content (AvgIpc) is 3.43. The van der Waals surface area contributed by atoms with Gasteiger partial charge in [-0.15, -0.1) is 0 Å². The zero-order chi connectivity index (χ0) is 55.7. The molecule has 0 aliphatic carbocycles. The van der Waals surface area contributed by atoms with Gasteiger partial charge in [0.1, 0.15) is 13.2 Å². The summed E-state index contributed by atoms with van der Waals surface area (Å²) in [4.78, 5) is 38.3. The van der Waals surface area contributed by atoms with Gasteiger partial charge >= 0.3 is 17.9 Å². The number of rotatable bonds is 65. The van der Waals surface area contributed by atoms with Gasteiger partial charge in [0.15, 0.2) is 6.10 Å². The minimum Gasteiger partial charge on any atom is -0.462 e. The van der Waals surface area contributed by atoms with Gasteiger partial charge in [-0.1, -0.05) is 347 Å². The lowest BCUT2D eigenvalue weighted by molar-refractivity contribution is -0.167. The molecule has 0 saturated heterocycles. The SMILES string of the molecule is CCCCCCC/C=C\C/C=C\CCCCCCCCCCCC(=O)OC(COC(=O)CCCCCCCCCCCCC)COC(=O)CCCCCCCCCCCCCCCCCCCCCCCCCCCCC. The Kier molecular flexibility index (Phi) is 64.6. The van der Waals surface area contributed by atoms with Gasteiger partial charge in [-0.25, -0.2) is 0 Å². The molecule has 0 heterocycles. The van der Waals surface area contributed by atoms with Crippen molar-refractivity contribution in [2.75, 3.05) is 13.2 Å². The van der Waals surface area contributed by atoms with Gasteiger partial charge in [-0.3, -0.25) is 14.4 Å².